The van der Waals surface area contributed by atoms with Crippen LogP contribution in [0.4, 0.5) is 13.2 Å². The third-order valence-electron chi connectivity index (χ3n) is 1.49. The molecule has 0 atom stereocenters. The molecule has 0 aliphatic heterocycles. The van der Waals surface area contributed by atoms with Crippen molar-refractivity contribution in [1.29, 1.82) is 0 Å². The van der Waals surface area contributed by atoms with Crippen molar-refractivity contribution in [2.75, 3.05) is 32.8 Å². The Morgan fingerprint density at radius 1 is 1.12 bits per heavy atom. The van der Waals surface area contributed by atoms with E-state index in [1.165, 1.54) is 4.72 Å². The quantitative estimate of drug-likeness (QED) is 0.532. The molecule has 0 spiro atoms. The molecule has 0 aromatic rings. The molecule has 0 aliphatic carbocycles. The minimum absolute atomic E-state index is 0.381. The average molecular weight is 266 g/mol. The van der Waals surface area contributed by atoms with Gasteiger partial charge in [0.05, 0.1) is 13.2 Å². The SMILES string of the molecule is O=S(=O)(NCC(F)(F)F)N(CCO)CCO. The predicted molar refractivity (Wildman–Crippen MR) is 48.7 cm³/mol. The van der Waals surface area contributed by atoms with Gasteiger partial charge in [0.25, 0.3) is 10.2 Å². The van der Waals surface area contributed by atoms with E-state index in [9.17, 15) is 21.6 Å². The Morgan fingerprint density at radius 3 is 1.88 bits per heavy atom. The second-order valence-corrected chi connectivity index (χ2v) is 4.54. The molecule has 0 bridgehead atoms. The van der Waals surface area contributed by atoms with E-state index in [0.717, 1.165) is 0 Å². The van der Waals surface area contributed by atoms with E-state index in [1.54, 1.807) is 0 Å². The highest BCUT2D eigenvalue weighted by Gasteiger charge is 2.31. The van der Waals surface area contributed by atoms with Crippen LogP contribution in [0.3, 0.4) is 0 Å². The van der Waals surface area contributed by atoms with Gasteiger partial charge in [0.2, 0.25) is 0 Å². The normalized spacial score (nSPS) is 13.4. The van der Waals surface area contributed by atoms with Crippen LogP contribution < -0.4 is 4.72 Å². The highest BCUT2D eigenvalue weighted by Crippen LogP contribution is 2.13. The molecule has 6 nitrogen and oxygen atoms in total. The van der Waals surface area contributed by atoms with Crippen LogP contribution in [0.2, 0.25) is 0 Å². The molecule has 10 heteroatoms. The summed E-state index contributed by atoms with van der Waals surface area (Å²) in [7, 11) is -4.34. The molecule has 3 N–H and O–H groups in total. The van der Waals surface area contributed by atoms with Crippen LogP contribution in [0.15, 0.2) is 0 Å². The first-order valence-electron chi connectivity index (χ1n) is 4.26. The average Bonchev–Trinajstić information content (AvgIpc) is 2.14. The summed E-state index contributed by atoms with van der Waals surface area (Å²) >= 11 is 0. The molecular weight excluding hydrogens is 253 g/mol. The van der Waals surface area contributed by atoms with E-state index in [-0.39, 0.29) is 13.1 Å². The third-order valence-corrected chi connectivity index (χ3v) is 3.05. The number of alkyl halides is 3. The Morgan fingerprint density at radius 2 is 1.56 bits per heavy atom. The highest BCUT2D eigenvalue weighted by molar-refractivity contribution is 7.87. The van der Waals surface area contributed by atoms with Gasteiger partial charge >= 0.3 is 6.18 Å². The molecule has 0 aromatic heterocycles. The number of nitrogens with one attached hydrogen (secondary N) is 1. The Hall–Kier alpha value is -0.420. The molecule has 0 saturated heterocycles. The monoisotopic (exact) mass is 266 g/mol. The van der Waals surface area contributed by atoms with E-state index >= 15 is 0 Å². The van der Waals surface area contributed by atoms with Gasteiger partial charge in [-0.1, -0.05) is 0 Å². The first-order chi connectivity index (χ1) is 7.23. The zero-order chi connectivity index (χ0) is 12.8. The number of nitrogens with zero attached hydrogens (tertiary/aromatic N) is 1. The van der Waals surface area contributed by atoms with Gasteiger partial charge in [-0.15, -0.1) is 0 Å². The van der Waals surface area contributed by atoms with Gasteiger partial charge in [-0.05, 0) is 0 Å². The van der Waals surface area contributed by atoms with Gasteiger partial charge in [-0.2, -0.15) is 30.6 Å². The molecule has 0 heterocycles. The molecule has 0 rings (SSSR count). The first-order valence-corrected chi connectivity index (χ1v) is 5.70. The lowest BCUT2D eigenvalue weighted by molar-refractivity contribution is -0.121. The molecule has 0 radical (unpaired) electrons. The van der Waals surface area contributed by atoms with Crippen molar-refractivity contribution in [3.8, 4) is 0 Å². The zero-order valence-electron chi connectivity index (χ0n) is 8.24. The Bertz CT molecular complexity index is 287. The van der Waals surface area contributed by atoms with Crippen LogP contribution in [0.1, 0.15) is 0 Å². The molecule has 98 valence electrons. The largest absolute Gasteiger partial charge is 0.402 e. The van der Waals surface area contributed by atoms with Crippen molar-refractivity contribution >= 4 is 10.2 Å². The summed E-state index contributed by atoms with van der Waals surface area (Å²) in [6.07, 6.45) is -4.66. The van der Waals surface area contributed by atoms with Crippen molar-refractivity contribution in [2.24, 2.45) is 0 Å². The minimum Gasteiger partial charge on any atom is -0.395 e. The van der Waals surface area contributed by atoms with Crippen LogP contribution in [-0.2, 0) is 10.2 Å². The Labute approximate surface area is 90.9 Å². The molecule has 0 amide bonds. The van der Waals surface area contributed by atoms with Crippen molar-refractivity contribution in [3.63, 3.8) is 0 Å². The molecule has 0 fully saturated rings. The Balaban J connectivity index is 4.47. The van der Waals surface area contributed by atoms with E-state index in [2.05, 4.69) is 0 Å². The van der Waals surface area contributed by atoms with Gasteiger partial charge in [0, 0.05) is 13.1 Å². The molecule has 0 unspecified atom stereocenters. The molecule has 0 aliphatic rings. The summed E-state index contributed by atoms with van der Waals surface area (Å²) in [4.78, 5) is 0. The maximum absolute atomic E-state index is 11.8. The van der Waals surface area contributed by atoms with Crippen LogP contribution in [0, 0.1) is 0 Å². The predicted octanol–water partition coefficient (Wildman–Crippen LogP) is -1.33. The second kappa shape index (κ2) is 6.35. The van der Waals surface area contributed by atoms with Gasteiger partial charge in [-0.3, -0.25) is 0 Å². The Kier molecular flexibility index (Phi) is 6.18. The second-order valence-electron chi connectivity index (χ2n) is 2.79. The van der Waals surface area contributed by atoms with E-state index in [0.29, 0.717) is 4.31 Å². The van der Waals surface area contributed by atoms with E-state index < -0.39 is 36.1 Å². The number of hydrogen-bond donors (Lipinski definition) is 3. The minimum atomic E-state index is -4.66. The standard InChI is InChI=1S/C6H13F3N2O4S/c7-6(8,9)5-10-16(14,15)11(1-3-12)2-4-13/h10,12-13H,1-5H2. The van der Waals surface area contributed by atoms with Crippen LogP contribution in [0.25, 0.3) is 0 Å². The number of hydrogen-bond acceptors (Lipinski definition) is 4. The third kappa shape index (κ3) is 6.23. The molecule has 0 aromatic carbocycles. The van der Waals surface area contributed by atoms with Crippen LogP contribution in [0.5, 0.6) is 0 Å². The molecule has 0 saturated carbocycles. The van der Waals surface area contributed by atoms with Crippen molar-refractivity contribution in [2.45, 2.75) is 6.18 Å². The summed E-state index contributed by atoms with van der Waals surface area (Å²) in [5, 5.41) is 17.0. The summed E-state index contributed by atoms with van der Waals surface area (Å²) in [5.41, 5.74) is 0. The molecule has 16 heavy (non-hydrogen) atoms. The maximum atomic E-state index is 11.8. The van der Waals surface area contributed by atoms with Gasteiger partial charge in [0.1, 0.15) is 6.54 Å². The maximum Gasteiger partial charge on any atom is 0.402 e. The van der Waals surface area contributed by atoms with E-state index in [4.69, 9.17) is 10.2 Å². The van der Waals surface area contributed by atoms with Gasteiger partial charge < -0.3 is 10.2 Å². The van der Waals surface area contributed by atoms with Crippen LogP contribution in [-0.4, -0.2) is 62.0 Å². The lowest BCUT2D eigenvalue weighted by Crippen LogP contribution is -2.46. The fourth-order valence-corrected chi connectivity index (χ4v) is 2.01. The lowest BCUT2D eigenvalue weighted by Gasteiger charge is -2.20. The summed E-state index contributed by atoms with van der Waals surface area (Å²) in [5.74, 6) is 0. The van der Waals surface area contributed by atoms with E-state index in [1.807, 2.05) is 0 Å². The fraction of sp³-hybridized carbons (Fsp3) is 1.00. The van der Waals surface area contributed by atoms with Crippen molar-refractivity contribution in [3.05, 3.63) is 0 Å². The van der Waals surface area contributed by atoms with Gasteiger partial charge in [0.15, 0.2) is 0 Å². The number of rotatable bonds is 7. The fourth-order valence-electron chi connectivity index (χ4n) is 0.840. The summed E-state index contributed by atoms with van der Waals surface area (Å²) in [6, 6.07) is 0. The van der Waals surface area contributed by atoms with Crippen molar-refractivity contribution in [1.82, 2.24) is 9.03 Å². The smallest absolute Gasteiger partial charge is 0.395 e. The number of halogens is 3. The number of aliphatic hydroxyl groups is 2. The number of aliphatic hydroxyl groups excluding tert-OH is 2. The van der Waals surface area contributed by atoms with Crippen LogP contribution >= 0.6 is 0 Å². The van der Waals surface area contributed by atoms with Crippen molar-refractivity contribution < 1.29 is 31.8 Å². The van der Waals surface area contributed by atoms with Gasteiger partial charge in [-0.25, -0.2) is 0 Å². The first kappa shape index (κ1) is 15.6. The highest BCUT2D eigenvalue weighted by atomic mass is 32.2. The molecular formula is C6H13F3N2O4S. The topological polar surface area (TPSA) is 89.9 Å². The lowest BCUT2D eigenvalue weighted by atomic mass is 10.6. The summed E-state index contributed by atoms with van der Waals surface area (Å²) < 4.78 is 59.7. The zero-order valence-corrected chi connectivity index (χ0v) is 9.05. The summed E-state index contributed by atoms with van der Waals surface area (Å²) in [6.45, 7) is -3.55.